The number of anilines is 1. The molecule has 3 rings (SSSR count). The number of nitrogens with zero attached hydrogens (tertiary/aromatic N) is 2. The average molecular weight is 408 g/mol. The predicted octanol–water partition coefficient (Wildman–Crippen LogP) is 4.07. The summed E-state index contributed by atoms with van der Waals surface area (Å²) < 4.78 is 32.3. The van der Waals surface area contributed by atoms with E-state index in [2.05, 4.69) is 0 Å². The minimum Gasteiger partial charge on any atom is -0.507 e. The molecule has 0 atom stereocenters. The number of rotatable bonds is 5. The number of nitriles is 1. The van der Waals surface area contributed by atoms with E-state index in [1.165, 1.54) is 42.7 Å². The van der Waals surface area contributed by atoms with Crippen LogP contribution in [0.1, 0.15) is 11.1 Å². The predicted molar refractivity (Wildman–Crippen MR) is 112 cm³/mol. The van der Waals surface area contributed by atoms with Crippen molar-refractivity contribution in [3.63, 3.8) is 0 Å². The molecule has 3 aromatic carbocycles. The van der Waals surface area contributed by atoms with Gasteiger partial charge in [0.25, 0.3) is 10.0 Å². The van der Waals surface area contributed by atoms with Gasteiger partial charge in [0.05, 0.1) is 23.3 Å². The highest BCUT2D eigenvalue weighted by atomic mass is 32.2. The third-order valence-electron chi connectivity index (χ3n) is 4.73. The molecule has 29 heavy (non-hydrogen) atoms. The van der Waals surface area contributed by atoms with Crippen LogP contribution >= 0.6 is 0 Å². The van der Waals surface area contributed by atoms with Crippen molar-refractivity contribution in [2.24, 2.45) is 0 Å². The van der Waals surface area contributed by atoms with Crippen molar-refractivity contribution in [3.8, 4) is 28.7 Å². The summed E-state index contributed by atoms with van der Waals surface area (Å²) in [5, 5.41) is 19.0. The molecule has 0 heterocycles. The Morgan fingerprint density at radius 3 is 2.31 bits per heavy atom. The Balaban J connectivity index is 2.02. The molecule has 148 valence electrons. The lowest BCUT2D eigenvalue weighted by molar-refractivity contribution is 0.414. The largest absolute Gasteiger partial charge is 0.507 e. The quantitative estimate of drug-likeness (QED) is 0.687. The number of methoxy groups -OCH3 is 1. The zero-order chi connectivity index (χ0) is 21.2. The summed E-state index contributed by atoms with van der Waals surface area (Å²) in [5.41, 5.74) is 3.02. The van der Waals surface area contributed by atoms with Crippen LogP contribution in [-0.4, -0.2) is 27.7 Å². The highest BCUT2D eigenvalue weighted by Crippen LogP contribution is 2.33. The Kier molecular flexibility index (Phi) is 5.48. The van der Waals surface area contributed by atoms with Crippen LogP contribution in [0.25, 0.3) is 11.1 Å². The van der Waals surface area contributed by atoms with Gasteiger partial charge in [-0.2, -0.15) is 5.26 Å². The fraction of sp³-hybridized carbons (Fsp3) is 0.136. The van der Waals surface area contributed by atoms with Crippen molar-refractivity contribution in [1.82, 2.24) is 0 Å². The molecule has 0 saturated carbocycles. The number of benzene rings is 3. The summed E-state index contributed by atoms with van der Waals surface area (Å²) in [6.07, 6.45) is 0. The number of hydrogen-bond donors (Lipinski definition) is 1. The Bertz CT molecular complexity index is 1200. The zero-order valence-electron chi connectivity index (χ0n) is 16.2. The van der Waals surface area contributed by atoms with E-state index in [0.717, 1.165) is 11.1 Å². The van der Waals surface area contributed by atoms with E-state index in [4.69, 9.17) is 10.00 Å². The molecule has 0 aromatic heterocycles. The summed E-state index contributed by atoms with van der Waals surface area (Å²) in [6.45, 7) is 1.90. The third kappa shape index (κ3) is 3.89. The van der Waals surface area contributed by atoms with Gasteiger partial charge in [0.1, 0.15) is 17.6 Å². The first-order valence-electron chi connectivity index (χ1n) is 8.75. The van der Waals surface area contributed by atoms with Gasteiger partial charge in [0.2, 0.25) is 0 Å². The van der Waals surface area contributed by atoms with Gasteiger partial charge in [0, 0.05) is 7.05 Å². The van der Waals surface area contributed by atoms with Crippen LogP contribution in [0.3, 0.4) is 0 Å². The Morgan fingerprint density at radius 2 is 1.72 bits per heavy atom. The number of aryl methyl sites for hydroxylation is 1. The van der Waals surface area contributed by atoms with E-state index < -0.39 is 10.0 Å². The molecule has 0 spiro atoms. The molecule has 0 fully saturated rings. The molecule has 0 amide bonds. The molecular formula is C22H20N2O4S. The monoisotopic (exact) mass is 408 g/mol. The maximum absolute atomic E-state index is 13.0. The number of hydrogen-bond acceptors (Lipinski definition) is 5. The maximum Gasteiger partial charge on any atom is 0.264 e. The van der Waals surface area contributed by atoms with Crippen LogP contribution < -0.4 is 9.04 Å². The summed E-state index contributed by atoms with van der Waals surface area (Å²) in [7, 11) is -0.754. The van der Waals surface area contributed by atoms with Gasteiger partial charge in [-0.15, -0.1) is 0 Å². The van der Waals surface area contributed by atoms with Crippen LogP contribution in [0.15, 0.2) is 65.6 Å². The first kappa shape index (κ1) is 20.2. The number of phenolic OH excluding ortho intramolecular Hbond substituents is 1. The van der Waals surface area contributed by atoms with Gasteiger partial charge in [0.15, 0.2) is 0 Å². The van der Waals surface area contributed by atoms with Crippen molar-refractivity contribution in [2.75, 3.05) is 18.5 Å². The lowest BCUT2D eigenvalue weighted by Gasteiger charge is -2.21. The van der Waals surface area contributed by atoms with Crippen molar-refractivity contribution in [3.05, 3.63) is 71.8 Å². The Morgan fingerprint density at radius 1 is 1.03 bits per heavy atom. The third-order valence-corrected chi connectivity index (χ3v) is 6.53. The lowest BCUT2D eigenvalue weighted by atomic mass is 9.98. The molecule has 3 aromatic rings. The fourth-order valence-corrected chi connectivity index (χ4v) is 4.14. The SMILES string of the molecule is COc1ccc(S(=O)(=O)N(C)c2ccc(C)c(-c3ccc(C#N)c(O)c3)c2)cc1. The molecule has 0 unspecified atom stereocenters. The average Bonchev–Trinajstić information content (AvgIpc) is 2.73. The first-order valence-corrected chi connectivity index (χ1v) is 10.2. The van der Waals surface area contributed by atoms with Crippen LogP contribution in [0.5, 0.6) is 11.5 Å². The van der Waals surface area contributed by atoms with Crippen molar-refractivity contribution in [2.45, 2.75) is 11.8 Å². The van der Waals surface area contributed by atoms with Gasteiger partial charge in [-0.05, 0) is 72.1 Å². The van der Waals surface area contributed by atoms with Crippen LogP contribution in [-0.2, 0) is 10.0 Å². The number of sulfonamides is 1. The topological polar surface area (TPSA) is 90.6 Å². The Labute approximate surface area is 170 Å². The number of ether oxygens (including phenoxy) is 1. The molecule has 7 heteroatoms. The van der Waals surface area contributed by atoms with E-state index in [0.29, 0.717) is 17.0 Å². The van der Waals surface area contributed by atoms with Crippen molar-refractivity contribution >= 4 is 15.7 Å². The normalized spacial score (nSPS) is 11.0. The second kappa shape index (κ2) is 7.86. The standard InChI is InChI=1S/C22H20N2O4S/c1-15-4-7-18(13-21(15)16-5-6-17(14-23)22(25)12-16)24(2)29(26,27)20-10-8-19(28-3)9-11-20/h4-13,25H,1-3H3. The summed E-state index contributed by atoms with van der Waals surface area (Å²) in [4.78, 5) is 0.152. The summed E-state index contributed by atoms with van der Waals surface area (Å²) in [6, 6.07) is 18.2. The van der Waals surface area contributed by atoms with E-state index in [9.17, 15) is 13.5 Å². The number of aromatic hydroxyl groups is 1. The van der Waals surface area contributed by atoms with Gasteiger partial charge >= 0.3 is 0 Å². The highest BCUT2D eigenvalue weighted by Gasteiger charge is 2.22. The molecular weight excluding hydrogens is 388 g/mol. The summed E-state index contributed by atoms with van der Waals surface area (Å²) >= 11 is 0. The van der Waals surface area contributed by atoms with Crippen LogP contribution in [0, 0.1) is 18.3 Å². The van der Waals surface area contributed by atoms with E-state index in [1.54, 1.807) is 30.3 Å². The van der Waals surface area contributed by atoms with Gasteiger partial charge in [-0.25, -0.2) is 8.42 Å². The molecule has 0 aliphatic carbocycles. The fourth-order valence-electron chi connectivity index (χ4n) is 2.96. The smallest absolute Gasteiger partial charge is 0.264 e. The number of phenols is 1. The minimum absolute atomic E-state index is 0.117. The molecule has 0 saturated heterocycles. The highest BCUT2D eigenvalue weighted by molar-refractivity contribution is 7.92. The van der Waals surface area contributed by atoms with Gasteiger partial charge in [-0.3, -0.25) is 4.31 Å². The molecule has 0 aliphatic rings. The van der Waals surface area contributed by atoms with E-state index >= 15 is 0 Å². The second-order valence-corrected chi connectivity index (χ2v) is 8.46. The summed E-state index contributed by atoms with van der Waals surface area (Å²) in [5.74, 6) is 0.457. The van der Waals surface area contributed by atoms with Crippen LogP contribution in [0.2, 0.25) is 0 Å². The molecule has 0 bridgehead atoms. The molecule has 0 aliphatic heterocycles. The first-order chi connectivity index (χ1) is 13.8. The lowest BCUT2D eigenvalue weighted by Crippen LogP contribution is -2.26. The van der Waals surface area contributed by atoms with E-state index in [-0.39, 0.29) is 16.2 Å². The van der Waals surface area contributed by atoms with Crippen LogP contribution in [0.4, 0.5) is 5.69 Å². The molecule has 6 nitrogen and oxygen atoms in total. The van der Waals surface area contributed by atoms with Crippen molar-refractivity contribution < 1.29 is 18.3 Å². The minimum atomic E-state index is -3.76. The zero-order valence-corrected chi connectivity index (χ0v) is 17.1. The van der Waals surface area contributed by atoms with Crippen molar-refractivity contribution in [1.29, 1.82) is 5.26 Å². The molecule has 1 N–H and O–H groups in total. The van der Waals surface area contributed by atoms with Gasteiger partial charge in [-0.1, -0.05) is 12.1 Å². The second-order valence-electron chi connectivity index (χ2n) is 6.49. The maximum atomic E-state index is 13.0. The van der Waals surface area contributed by atoms with Gasteiger partial charge < -0.3 is 9.84 Å². The van der Waals surface area contributed by atoms with E-state index in [1.807, 2.05) is 19.1 Å². The Hall–Kier alpha value is -3.50. The molecule has 0 radical (unpaired) electrons.